The minimum Gasteiger partial charge on any atom is -0.495 e. The molecule has 0 aliphatic rings. The van der Waals surface area contributed by atoms with Crippen LogP contribution in [0.1, 0.15) is 16.7 Å². The van der Waals surface area contributed by atoms with Crippen molar-refractivity contribution in [2.45, 2.75) is 12.7 Å². The summed E-state index contributed by atoms with van der Waals surface area (Å²) in [6, 6.07) is 7.76. The number of ether oxygens (including phenoxy) is 1. The Labute approximate surface area is 164 Å². The highest BCUT2D eigenvalue weighted by atomic mass is 19.4. The first-order valence-electron chi connectivity index (χ1n) is 8.13. The molecule has 3 N–H and O–H groups in total. The lowest BCUT2D eigenvalue weighted by atomic mass is 10.1. The lowest BCUT2D eigenvalue weighted by Gasteiger charge is -2.09. The van der Waals surface area contributed by atoms with Gasteiger partial charge in [0.05, 0.1) is 24.4 Å². The van der Waals surface area contributed by atoms with Crippen molar-refractivity contribution in [3.05, 3.63) is 65.0 Å². The second-order valence-electron chi connectivity index (χ2n) is 5.61. The highest BCUT2D eigenvalue weighted by molar-refractivity contribution is 6.12. The minimum atomic E-state index is -4.42. The highest BCUT2D eigenvalue weighted by Gasteiger charge is 2.29. The molecule has 1 aromatic carbocycles. The van der Waals surface area contributed by atoms with Crippen molar-refractivity contribution in [2.75, 3.05) is 7.11 Å². The number of nitrogens with one attached hydrogen (secondary N) is 1. The summed E-state index contributed by atoms with van der Waals surface area (Å²) in [5.74, 6) is -0.104. The zero-order valence-electron chi connectivity index (χ0n) is 15.2. The molecular formula is C19H16F3N5O2. The summed E-state index contributed by atoms with van der Waals surface area (Å²) in [6.07, 6.45) is -0.930. The Hall–Kier alpha value is -3.87. The molecule has 0 saturated heterocycles. The summed E-state index contributed by atoms with van der Waals surface area (Å²) in [5.41, 5.74) is 5.41. The molecule has 7 nitrogen and oxygen atoms in total. The average molecular weight is 403 g/mol. The van der Waals surface area contributed by atoms with E-state index in [-0.39, 0.29) is 29.2 Å². The van der Waals surface area contributed by atoms with Gasteiger partial charge >= 0.3 is 6.18 Å². The van der Waals surface area contributed by atoms with Crippen LogP contribution in [0.25, 0.3) is 0 Å². The van der Waals surface area contributed by atoms with Crippen LogP contribution in [0.15, 0.2) is 53.3 Å². The van der Waals surface area contributed by atoms with E-state index >= 15 is 0 Å². The van der Waals surface area contributed by atoms with Crippen molar-refractivity contribution in [1.29, 1.82) is 5.26 Å². The summed E-state index contributed by atoms with van der Waals surface area (Å²) in [4.78, 5) is 20.2. The Kier molecular flexibility index (Phi) is 6.92. The maximum Gasteiger partial charge on any atom is 0.416 e. The van der Waals surface area contributed by atoms with Crippen molar-refractivity contribution in [3.63, 3.8) is 0 Å². The highest BCUT2D eigenvalue weighted by Crippen LogP contribution is 2.29. The molecule has 1 aromatic heterocycles. The molecule has 0 unspecified atom stereocenters. The number of aliphatic imine (C=N–C) groups is 1. The first-order valence-corrected chi connectivity index (χ1v) is 8.13. The Bertz CT molecular complexity index is 977. The minimum absolute atomic E-state index is 0.00505. The van der Waals surface area contributed by atoms with Crippen LogP contribution >= 0.6 is 0 Å². The molecule has 0 aliphatic carbocycles. The molecule has 0 atom stereocenters. The van der Waals surface area contributed by atoms with Crippen LogP contribution in [0.3, 0.4) is 0 Å². The first kappa shape index (κ1) is 21.4. The van der Waals surface area contributed by atoms with Crippen LogP contribution in [0.4, 0.5) is 19.0 Å². The SMILES string of the molecule is COc1cc(N=C/C(=C\N)C(=O)NCc2ccc(C(F)(F)F)cc2)ncc1C#N. The number of benzene rings is 1. The van der Waals surface area contributed by atoms with E-state index < -0.39 is 17.6 Å². The normalized spacial score (nSPS) is 11.9. The van der Waals surface area contributed by atoms with Gasteiger partial charge in [-0.1, -0.05) is 12.1 Å². The summed E-state index contributed by atoms with van der Waals surface area (Å²) >= 11 is 0. The number of nitrogens with two attached hydrogens (primary N) is 1. The van der Waals surface area contributed by atoms with Gasteiger partial charge in [0, 0.05) is 25.0 Å². The topological polar surface area (TPSA) is 113 Å². The number of amides is 1. The fraction of sp³-hybridized carbons (Fsp3) is 0.158. The maximum absolute atomic E-state index is 12.6. The molecule has 10 heteroatoms. The molecule has 2 aromatic rings. The summed E-state index contributed by atoms with van der Waals surface area (Å²) < 4.78 is 42.7. The van der Waals surface area contributed by atoms with Crippen LogP contribution < -0.4 is 15.8 Å². The van der Waals surface area contributed by atoms with Crippen molar-refractivity contribution in [1.82, 2.24) is 10.3 Å². The average Bonchev–Trinajstić information content (AvgIpc) is 2.72. The van der Waals surface area contributed by atoms with Crippen molar-refractivity contribution in [3.8, 4) is 11.8 Å². The van der Waals surface area contributed by atoms with E-state index in [2.05, 4.69) is 15.3 Å². The lowest BCUT2D eigenvalue weighted by Crippen LogP contribution is -2.25. The van der Waals surface area contributed by atoms with Gasteiger partial charge in [0.2, 0.25) is 0 Å². The van der Waals surface area contributed by atoms with E-state index in [1.807, 2.05) is 6.07 Å². The van der Waals surface area contributed by atoms with E-state index in [9.17, 15) is 18.0 Å². The quantitative estimate of drug-likeness (QED) is 0.569. The Morgan fingerprint density at radius 3 is 2.62 bits per heavy atom. The van der Waals surface area contributed by atoms with Gasteiger partial charge in [-0.05, 0) is 17.7 Å². The van der Waals surface area contributed by atoms with E-state index in [0.717, 1.165) is 18.3 Å². The molecule has 0 aliphatic heterocycles. The molecule has 0 spiro atoms. The van der Waals surface area contributed by atoms with Crippen LogP contribution in [-0.2, 0) is 17.5 Å². The number of carbonyl (C=O) groups excluding carboxylic acids is 1. The predicted octanol–water partition coefficient (Wildman–Crippen LogP) is 2.84. The molecule has 0 fully saturated rings. The number of halogens is 3. The van der Waals surface area contributed by atoms with Crippen LogP contribution in [-0.4, -0.2) is 24.2 Å². The van der Waals surface area contributed by atoms with Gasteiger partial charge in [0.25, 0.3) is 5.91 Å². The predicted molar refractivity (Wildman–Crippen MR) is 99.2 cm³/mol. The fourth-order valence-electron chi connectivity index (χ4n) is 2.16. The monoisotopic (exact) mass is 403 g/mol. The largest absolute Gasteiger partial charge is 0.495 e. The zero-order chi connectivity index (χ0) is 21.4. The van der Waals surface area contributed by atoms with Crippen molar-refractivity contribution in [2.24, 2.45) is 10.7 Å². The lowest BCUT2D eigenvalue weighted by molar-refractivity contribution is -0.137. The maximum atomic E-state index is 12.6. The Morgan fingerprint density at radius 2 is 2.07 bits per heavy atom. The molecule has 0 radical (unpaired) electrons. The van der Waals surface area contributed by atoms with Gasteiger partial charge in [0.1, 0.15) is 17.4 Å². The molecule has 0 saturated carbocycles. The molecule has 1 heterocycles. The van der Waals surface area contributed by atoms with Crippen LogP contribution in [0, 0.1) is 11.3 Å². The van der Waals surface area contributed by atoms with E-state index in [1.54, 1.807) is 0 Å². The number of hydrogen-bond donors (Lipinski definition) is 2. The third kappa shape index (κ3) is 5.80. The Morgan fingerprint density at radius 1 is 1.38 bits per heavy atom. The first-order chi connectivity index (χ1) is 13.8. The number of nitriles is 1. The Balaban J connectivity index is 2.02. The van der Waals surface area contributed by atoms with Gasteiger partial charge in [-0.2, -0.15) is 18.4 Å². The standard InChI is InChI=1S/C19H16F3N5O2/c1-29-16-6-17(25-10-13(16)7-23)26-11-14(8-24)18(28)27-9-12-2-4-15(5-3-12)19(20,21)22/h2-6,8,10-11H,9,24H2,1H3,(H,27,28)/b14-8+,26-11?. The number of alkyl halides is 3. The molecular weight excluding hydrogens is 387 g/mol. The second-order valence-corrected chi connectivity index (χ2v) is 5.61. The number of rotatable bonds is 6. The molecule has 29 heavy (non-hydrogen) atoms. The van der Waals surface area contributed by atoms with Crippen LogP contribution in [0.5, 0.6) is 5.75 Å². The number of nitrogens with zero attached hydrogens (tertiary/aromatic N) is 3. The van der Waals surface area contributed by atoms with Gasteiger partial charge in [-0.15, -0.1) is 0 Å². The van der Waals surface area contributed by atoms with Crippen molar-refractivity contribution >= 4 is 17.9 Å². The van der Waals surface area contributed by atoms with E-state index in [1.165, 1.54) is 37.7 Å². The third-order valence-corrected chi connectivity index (χ3v) is 3.70. The van der Waals surface area contributed by atoms with Gasteiger partial charge in [-0.3, -0.25) is 4.79 Å². The third-order valence-electron chi connectivity index (χ3n) is 3.70. The summed E-state index contributed by atoms with van der Waals surface area (Å²) in [7, 11) is 1.39. The number of hydrogen-bond acceptors (Lipinski definition) is 6. The number of carbonyl (C=O) groups is 1. The number of methoxy groups -OCH3 is 1. The molecule has 150 valence electrons. The number of pyridine rings is 1. The van der Waals surface area contributed by atoms with E-state index in [4.69, 9.17) is 15.7 Å². The van der Waals surface area contributed by atoms with Gasteiger partial charge < -0.3 is 15.8 Å². The van der Waals surface area contributed by atoms with Crippen molar-refractivity contribution < 1.29 is 22.7 Å². The smallest absolute Gasteiger partial charge is 0.416 e. The second kappa shape index (κ2) is 9.36. The molecule has 1 amide bonds. The zero-order valence-corrected chi connectivity index (χ0v) is 15.2. The molecule has 0 bridgehead atoms. The van der Waals surface area contributed by atoms with Gasteiger partial charge in [0.15, 0.2) is 5.82 Å². The number of aromatic nitrogens is 1. The van der Waals surface area contributed by atoms with Gasteiger partial charge in [-0.25, -0.2) is 9.98 Å². The van der Waals surface area contributed by atoms with E-state index in [0.29, 0.717) is 5.56 Å². The summed E-state index contributed by atoms with van der Waals surface area (Å²) in [5, 5.41) is 11.5. The summed E-state index contributed by atoms with van der Waals surface area (Å²) in [6.45, 7) is 0.00505. The van der Waals surface area contributed by atoms with Crippen LogP contribution in [0.2, 0.25) is 0 Å². The molecule has 2 rings (SSSR count). The fourth-order valence-corrected chi connectivity index (χ4v) is 2.16.